The molecule has 30 heavy (non-hydrogen) atoms. The Kier molecular flexibility index (Phi) is 7.14. The van der Waals surface area contributed by atoms with Gasteiger partial charge in [0.1, 0.15) is 0 Å². The Morgan fingerprint density at radius 2 is 1.80 bits per heavy atom. The molecule has 0 fully saturated rings. The van der Waals surface area contributed by atoms with Gasteiger partial charge < -0.3 is 5.32 Å². The summed E-state index contributed by atoms with van der Waals surface area (Å²) in [6.45, 7) is 1.44. The first kappa shape index (κ1) is 22.3. The Labute approximate surface area is 188 Å². The van der Waals surface area contributed by atoms with Crippen molar-refractivity contribution in [2.75, 3.05) is 15.8 Å². The van der Waals surface area contributed by atoms with Crippen LogP contribution in [0.1, 0.15) is 12.5 Å². The van der Waals surface area contributed by atoms with E-state index in [4.69, 9.17) is 23.2 Å². The number of amides is 1. The third-order valence-electron chi connectivity index (χ3n) is 3.85. The second-order valence-electron chi connectivity index (χ2n) is 6.22. The minimum absolute atomic E-state index is 0.154. The third kappa shape index (κ3) is 6.06. The summed E-state index contributed by atoms with van der Waals surface area (Å²) in [5.74, 6) is -0.409. The summed E-state index contributed by atoms with van der Waals surface area (Å²) in [6, 6.07) is 12.2. The molecule has 10 heteroatoms. The summed E-state index contributed by atoms with van der Waals surface area (Å²) in [4.78, 5) is 15.4. The van der Waals surface area contributed by atoms with Crippen molar-refractivity contribution in [2.45, 2.75) is 6.92 Å². The van der Waals surface area contributed by atoms with Gasteiger partial charge in [0.25, 0.3) is 0 Å². The number of hydrogen-bond donors (Lipinski definition) is 2. The number of carbonyl (C=O) groups is 1. The average Bonchev–Trinajstić information content (AvgIpc) is 3.12. The molecule has 0 bridgehead atoms. The van der Waals surface area contributed by atoms with Crippen LogP contribution in [0.4, 0.5) is 10.8 Å². The molecule has 2 aromatic carbocycles. The van der Waals surface area contributed by atoms with E-state index in [1.807, 2.05) is 0 Å². The maximum atomic E-state index is 12.4. The van der Waals surface area contributed by atoms with E-state index < -0.39 is 10.0 Å². The number of anilines is 2. The molecule has 156 valence electrons. The Bertz CT molecular complexity index is 1170. The third-order valence-corrected chi connectivity index (χ3v) is 6.53. The van der Waals surface area contributed by atoms with Gasteiger partial charge in [-0.1, -0.05) is 53.6 Å². The second-order valence-corrected chi connectivity index (χ2v) is 9.66. The molecule has 0 atom stereocenters. The van der Waals surface area contributed by atoms with Gasteiger partial charge in [-0.25, -0.2) is 13.4 Å². The number of benzene rings is 2. The normalized spacial score (nSPS) is 11.6. The number of nitrogens with one attached hydrogen (secondary N) is 2. The summed E-state index contributed by atoms with van der Waals surface area (Å²) >= 11 is 13.3. The molecule has 1 amide bonds. The van der Waals surface area contributed by atoms with E-state index in [1.54, 1.807) is 53.9 Å². The van der Waals surface area contributed by atoms with Gasteiger partial charge in [-0.3, -0.25) is 9.52 Å². The number of nitrogens with zero attached hydrogens (tertiary/aromatic N) is 1. The lowest BCUT2D eigenvalue weighted by Gasteiger charge is -2.04. The predicted octanol–water partition coefficient (Wildman–Crippen LogP) is 5.53. The molecule has 0 aliphatic carbocycles. The Balaban J connectivity index is 1.66. The standard InChI is InChI=1S/C20H17Cl2N3O3S2/c1-13(26)23-15-9-7-14(8-10-15)19-12-29-20(24-19)25-30(27,28)11-3-4-16-17(21)5-2-6-18(16)22/h2-10,12H,11H2,1H3,(H,23,26)(H,24,25). The number of carbonyl (C=O) groups excluding carboxylic acids is 1. The predicted molar refractivity (Wildman–Crippen MR) is 125 cm³/mol. The first-order chi connectivity index (χ1) is 14.2. The molecular weight excluding hydrogens is 465 g/mol. The van der Waals surface area contributed by atoms with Crippen molar-refractivity contribution in [3.63, 3.8) is 0 Å². The van der Waals surface area contributed by atoms with E-state index in [9.17, 15) is 13.2 Å². The fourth-order valence-electron chi connectivity index (χ4n) is 2.52. The molecular formula is C20H17Cl2N3O3S2. The van der Waals surface area contributed by atoms with Crippen molar-refractivity contribution in [3.05, 3.63) is 69.5 Å². The Morgan fingerprint density at radius 1 is 1.13 bits per heavy atom. The fourth-order valence-corrected chi connectivity index (χ4v) is 4.92. The minimum Gasteiger partial charge on any atom is -0.326 e. The molecule has 3 aromatic rings. The van der Waals surface area contributed by atoms with Crippen LogP contribution in [0.25, 0.3) is 17.3 Å². The molecule has 6 nitrogen and oxygen atoms in total. The zero-order valence-corrected chi connectivity index (χ0v) is 18.9. The van der Waals surface area contributed by atoms with Crippen molar-refractivity contribution in [1.29, 1.82) is 0 Å². The van der Waals surface area contributed by atoms with Crippen molar-refractivity contribution in [1.82, 2.24) is 4.98 Å². The van der Waals surface area contributed by atoms with Crippen LogP contribution in [0.5, 0.6) is 0 Å². The summed E-state index contributed by atoms with van der Waals surface area (Å²) in [7, 11) is -3.64. The van der Waals surface area contributed by atoms with E-state index in [0.29, 0.717) is 27.0 Å². The molecule has 0 aliphatic heterocycles. The van der Waals surface area contributed by atoms with Crippen LogP contribution in [-0.2, 0) is 14.8 Å². The van der Waals surface area contributed by atoms with Gasteiger partial charge in [0, 0.05) is 39.2 Å². The molecule has 0 saturated carbocycles. The number of aromatic nitrogens is 1. The Hall–Kier alpha value is -2.39. The number of halogens is 2. The largest absolute Gasteiger partial charge is 0.326 e. The summed E-state index contributed by atoms with van der Waals surface area (Å²) in [5, 5.41) is 5.59. The monoisotopic (exact) mass is 481 g/mol. The van der Waals surface area contributed by atoms with Crippen molar-refractivity contribution >= 4 is 67.4 Å². The molecule has 0 spiro atoms. The number of sulfonamides is 1. The van der Waals surface area contributed by atoms with Crippen LogP contribution in [0.3, 0.4) is 0 Å². The first-order valence-corrected chi connectivity index (χ1v) is 12.0. The molecule has 1 heterocycles. The van der Waals surface area contributed by atoms with Crippen molar-refractivity contribution < 1.29 is 13.2 Å². The van der Waals surface area contributed by atoms with Crippen LogP contribution in [0.2, 0.25) is 10.0 Å². The molecule has 0 radical (unpaired) electrons. The van der Waals surface area contributed by atoms with E-state index in [0.717, 1.165) is 5.56 Å². The molecule has 0 unspecified atom stereocenters. The number of hydrogen-bond acceptors (Lipinski definition) is 5. The van der Waals surface area contributed by atoms with Gasteiger partial charge in [-0.15, -0.1) is 11.3 Å². The van der Waals surface area contributed by atoms with E-state index >= 15 is 0 Å². The topological polar surface area (TPSA) is 88.2 Å². The summed E-state index contributed by atoms with van der Waals surface area (Å²) < 4.78 is 27.2. The van der Waals surface area contributed by atoms with Gasteiger partial charge in [0.15, 0.2) is 5.13 Å². The highest BCUT2D eigenvalue weighted by molar-refractivity contribution is 7.93. The lowest BCUT2D eigenvalue weighted by atomic mass is 10.1. The van der Waals surface area contributed by atoms with Crippen LogP contribution >= 0.6 is 34.5 Å². The van der Waals surface area contributed by atoms with Gasteiger partial charge in [-0.2, -0.15) is 0 Å². The van der Waals surface area contributed by atoms with E-state index in [-0.39, 0.29) is 16.8 Å². The second kappa shape index (κ2) is 9.61. The highest BCUT2D eigenvalue weighted by Crippen LogP contribution is 2.27. The lowest BCUT2D eigenvalue weighted by Crippen LogP contribution is -2.15. The zero-order chi connectivity index (χ0) is 21.7. The van der Waals surface area contributed by atoms with Crippen LogP contribution < -0.4 is 10.0 Å². The zero-order valence-electron chi connectivity index (χ0n) is 15.7. The molecule has 0 saturated heterocycles. The maximum Gasteiger partial charge on any atom is 0.238 e. The Morgan fingerprint density at radius 3 is 2.43 bits per heavy atom. The molecule has 3 rings (SSSR count). The molecule has 2 N–H and O–H groups in total. The van der Waals surface area contributed by atoms with Gasteiger partial charge in [-0.05, 0) is 24.3 Å². The van der Waals surface area contributed by atoms with Gasteiger partial charge in [0.05, 0.1) is 11.4 Å². The van der Waals surface area contributed by atoms with Crippen LogP contribution in [0.15, 0.2) is 53.9 Å². The first-order valence-electron chi connectivity index (χ1n) is 8.68. The average molecular weight is 482 g/mol. The highest BCUT2D eigenvalue weighted by Gasteiger charge is 2.13. The fraction of sp³-hybridized carbons (Fsp3) is 0.100. The lowest BCUT2D eigenvalue weighted by molar-refractivity contribution is -0.114. The molecule has 1 aromatic heterocycles. The van der Waals surface area contributed by atoms with Crippen LogP contribution in [-0.4, -0.2) is 25.1 Å². The van der Waals surface area contributed by atoms with Crippen molar-refractivity contribution in [3.8, 4) is 11.3 Å². The molecule has 0 aliphatic rings. The van der Waals surface area contributed by atoms with Gasteiger partial charge in [0.2, 0.25) is 15.9 Å². The maximum absolute atomic E-state index is 12.4. The SMILES string of the molecule is CC(=O)Nc1ccc(-c2csc(NS(=O)(=O)CC=Cc3c(Cl)cccc3Cl)n2)cc1. The van der Waals surface area contributed by atoms with Gasteiger partial charge >= 0.3 is 0 Å². The quantitative estimate of drug-likeness (QED) is 0.464. The summed E-state index contributed by atoms with van der Waals surface area (Å²) in [6.07, 6.45) is 3.05. The number of rotatable bonds is 7. The van der Waals surface area contributed by atoms with E-state index in [2.05, 4.69) is 15.0 Å². The van der Waals surface area contributed by atoms with Crippen molar-refractivity contribution in [2.24, 2.45) is 0 Å². The minimum atomic E-state index is -3.64. The van der Waals surface area contributed by atoms with Crippen LogP contribution in [0, 0.1) is 0 Å². The highest BCUT2D eigenvalue weighted by atomic mass is 35.5. The van der Waals surface area contributed by atoms with E-state index in [1.165, 1.54) is 24.3 Å². The smallest absolute Gasteiger partial charge is 0.238 e. The number of thiazole rings is 1. The summed E-state index contributed by atoms with van der Waals surface area (Å²) in [5.41, 5.74) is 2.67.